The lowest BCUT2D eigenvalue weighted by Crippen LogP contribution is -2.18. The second-order valence-electron chi connectivity index (χ2n) is 5.27. The molecule has 0 radical (unpaired) electrons. The molecule has 0 aliphatic heterocycles. The third-order valence-electron chi connectivity index (χ3n) is 2.95. The van der Waals surface area contributed by atoms with Crippen LogP contribution in [0.15, 0.2) is 18.2 Å². The van der Waals surface area contributed by atoms with Crippen LogP contribution >= 0.6 is 0 Å². The van der Waals surface area contributed by atoms with E-state index in [0.29, 0.717) is 0 Å². The van der Waals surface area contributed by atoms with Crippen LogP contribution in [0.3, 0.4) is 0 Å². The molecule has 0 bridgehead atoms. The molecule has 0 heterocycles. The number of rotatable bonds is 2. The number of hydrogen-bond acceptors (Lipinski definition) is 1. The monoisotopic (exact) mass is 205 g/mol. The van der Waals surface area contributed by atoms with E-state index in [1.165, 1.54) is 16.8 Å². The van der Waals surface area contributed by atoms with E-state index in [1.807, 2.05) is 0 Å². The Hall–Kier alpha value is -0.980. The maximum Gasteiger partial charge on any atom is 0.0393 e. The molecule has 1 heteroatoms. The van der Waals surface area contributed by atoms with Gasteiger partial charge in [-0.15, -0.1) is 0 Å². The zero-order valence-electron chi connectivity index (χ0n) is 10.9. The van der Waals surface area contributed by atoms with E-state index in [-0.39, 0.29) is 5.41 Å². The Morgan fingerprint density at radius 2 is 1.80 bits per heavy atom. The molecular weight excluding hydrogens is 182 g/mol. The molecule has 84 valence electrons. The fraction of sp³-hybridized carbons (Fsp3) is 0.571. The van der Waals surface area contributed by atoms with Crippen molar-refractivity contribution < 1.29 is 0 Å². The molecule has 0 spiro atoms. The fourth-order valence-electron chi connectivity index (χ4n) is 1.72. The lowest BCUT2D eigenvalue weighted by Gasteiger charge is -2.24. The first-order chi connectivity index (χ1) is 6.86. The molecule has 0 aromatic heterocycles. The van der Waals surface area contributed by atoms with Gasteiger partial charge in [0.15, 0.2) is 0 Å². The van der Waals surface area contributed by atoms with Gasteiger partial charge in [0.05, 0.1) is 0 Å². The predicted molar refractivity (Wildman–Crippen MR) is 68.8 cm³/mol. The summed E-state index contributed by atoms with van der Waals surface area (Å²) < 4.78 is 0. The van der Waals surface area contributed by atoms with Gasteiger partial charge in [0.25, 0.3) is 0 Å². The van der Waals surface area contributed by atoms with Crippen LogP contribution < -0.4 is 4.90 Å². The van der Waals surface area contributed by atoms with Gasteiger partial charge >= 0.3 is 0 Å². The fourth-order valence-corrected chi connectivity index (χ4v) is 1.72. The average molecular weight is 205 g/mol. The van der Waals surface area contributed by atoms with Crippen molar-refractivity contribution in [2.75, 3.05) is 18.5 Å². The van der Waals surface area contributed by atoms with Crippen molar-refractivity contribution in [1.29, 1.82) is 0 Å². The van der Waals surface area contributed by atoms with Gasteiger partial charge in [-0.3, -0.25) is 0 Å². The van der Waals surface area contributed by atoms with E-state index in [4.69, 9.17) is 0 Å². The van der Waals surface area contributed by atoms with E-state index < -0.39 is 0 Å². The van der Waals surface area contributed by atoms with Gasteiger partial charge in [-0.25, -0.2) is 0 Å². The van der Waals surface area contributed by atoms with Gasteiger partial charge in [0.2, 0.25) is 0 Å². The Morgan fingerprint density at radius 1 is 1.20 bits per heavy atom. The maximum atomic E-state index is 2.31. The first-order valence-corrected chi connectivity index (χ1v) is 5.68. The molecule has 0 saturated heterocycles. The van der Waals surface area contributed by atoms with Gasteiger partial charge < -0.3 is 4.90 Å². The Morgan fingerprint density at radius 3 is 2.20 bits per heavy atom. The van der Waals surface area contributed by atoms with Crippen molar-refractivity contribution in [1.82, 2.24) is 0 Å². The van der Waals surface area contributed by atoms with Gasteiger partial charge in [-0.05, 0) is 36.5 Å². The number of anilines is 1. The lowest BCUT2D eigenvalue weighted by atomic mass is 9.86. The molecule has 0 aliphatic carbocycles. The summed E-state index contributed by atoms with van der Waals surface area (Å²) in [5, 5.41) is 0. The van der Waals surface area contributed by atoms with E-state index in [1.54, 1.807) is 0 Å². The molecule has 1 rings (SSSR count). The van der Waals surface area contributed by atoms with E-state index in [2.05, 4.69) is 64.8 Å². The molecular formula is C14H23N. The van der Waals surface area contributed by atoms with Crippen LogP contribution in [0.1, 0.15) is 38.8 Å². The molecule has 1 aromatic carbocycles. The van der Waals surface area contributed by atoms with Crippen molar-refractivity contribution in [2.24, 2.45) is 0 Å². The SMILES string of the molecule is CCN(C)c1ccc(C(C)(C)C)cc1C. The van der Waals surface area contributed by atoms with Gasteiger partial charge in [-0.2, -0.15) is 0 Å². The van der Waals surface area contributed by atoms with Crippen molar-refractivity contribution in [3.8, 4) is 0 Å². The normalized spacial score (nSPS) is 11.6. The van der Waals surface area contributed by atoms with Crippen LogP contribution in [0.2, 0.25) is 0 Å². The summed E-state index contributed by atoms with van der Waals surface area (Å²) >= 11 is 0. The second kappa shape index (κ2) is 4.26. The summed E-state index contributed by atoms with van der Waals surface area (Å²) in [5.74, 6) is 0. The minimum atomic E-state index is 0.244. The van der Waals surface area contributed by atoms with Crippen LogP contribution in [-0.2, 0) is 5.41 Å². The zero-order valence-corrected chi connectivity index (χ0v) is 10.9. The van der Waals surface area contributed by atoms with E-state index >= 15 is 0 Å². The highest BCUT2D eigenvalue weighted by molar-refractivity contribution is 5.54. The molecule has 0 unspecified atom stereocenters. The molecule has 1 nitrogen and oxygen atoms in total. The standard InChI is InChI=1S/C14H23N/c1-7-15(6)13-9-8-12(10-11(13)2)14(3,4)5/h8-10H,7H2,1-6H3. The molecule has 0 amide bonds. The second-order valence-corrected chi connectivity index (χ2v) is 5.27. The van der Waals surface area contributed by atoms with Crippen LogP contribution in [0, 0.1) is 6.92 Å². The van der Waals surface area contributed by atoms with Gasteiger partial charge in [-0.1, -0.05) is 32.9 Å². The third-order valence-corrected chi connectivity index (χ3v) is 2.95. The minimum absolute atomic E-state index is 0.244. The summed E-state index contributed by atoms with van der Waals surface area (Å²) in [6.07, 6.45) is 0. The molecule has 0 aliphatic rings. The first-order valence-electron chi connectivity index (χ1n) is 5.68. The van der Waals surface area contributed by atoms with E-state index in [0.717, 1.165) is 6.54 Å². The maximum absolute atomic E-state index is 2.31. The summed E-state index contributed by atoms with van der Waals surface area (Å²) in [6, 6.07) is 6.79. The highest BCUT2D eigenvalue weighted by Gasteiger charge is 2.14. The van der Waals surface area contributed by atoms with Crippen molar-refractivity contribution in [2.45, 2.75) is 40.0 Å². The number of hydrogen-bond donors (Lipinski definition) is 0. The Kier molecular flexibility index (Phi) is 3.43. The van der Waals surface area contributed by atoms with Crippen molar-refractivity contribution in [3.05, 3.63) is 29.3 Å². The summed E-state index contributed by atoms with van der Waals surface area (Å²) in [7, 11) is 2.14. The largest absolute Gasteiger partial charge is 0.375 e. The van der Waals surface area contributed by atoms with Crippen LogP contribution in [0.5, 0.6) is 0 Å². The van der Waals surface area contributed by atoms with Crippen LogP contribution in [0.4, 0.5) is 5.69 Å². The quantitative estimate of drug-likeness (QED) is 0.710. The van der Waals surface area contributed by atoms with Crippen molar-refractivity contribution >= 4 is 5.69 Å². The average Bonchev–Trinajstić information content (AvgIpc) is 2.15. The Balaban J connectivity index is 3.09. The number of benzene rings is 1. The lowest BCUT2D eigenvalue weighted by molar-refractivity contribution is 0.589. The van der Waals surface area contributed by atoms with Crippen LogP contribution in [-0.4, -0.2) is 13.6 Å². The van der Waals surface area contributed by atoms with Crippen molar-refractivity contribution in [3.63, 3.8) is 0 Å². The summed E-state index contributed by atoms with van der Waals surface area (Å²) in [5.41, 5.74) is 4.36. The third kappa shape index (κ3) is 2.74. The molecule has 1 aromatic rings. The molecule has 0 N–H and O–H groups in total. The molecule has 0 fully saturated rings. The molecule has 0 saturated carbocycles. The highest BCUT2D eigenvalue weighted by Crippen LogP contribution is 2.27. The molecule has 15 heavy (non-hydrogen) atoms. The summed E-state index contributed by atoms with van der Waals surface area (Å²) in [4.78, 5) is 2.28. The highest BCUT2D eigenvalue weighted by atomic mass is 15.1. The smallest absolute Gasteiger partial charge is 0.0393 e. The topological polar surface area (TPSA) is 3.24 Å². The molecule has 0 atom stereocenters. The number of aryl methyl sites for hydroxylation is 1. The van der Waals surface area contributed by atoms with Crippen LogP contribution in [0.25, 0.3) is 0 Å². The first kappa shape index (κ1) is 12.1. The number of nitrogens with zero attached hydrogens (tertiary/aromatic N) is 1. The van der Waals surface area contributed by atoms with Gasteiger partial charge in [0.1, 0.15) is 0 Å². The Labute approximate surface area is 94.1 Å². The van der Waals surface area contributed by atoms with Gasteiger partial charge in [0, 0.05) is 19.3 Å². The Bertz CT molecular complexity index is 334. The summed E-state index contributed by atoms with van der Waals surface area (Å²) in [6.45, 7) is 12.2. The minimum Gasteiger partial charge on any atom is -0.375 e. The van der Waals surface area contributed by atoms with E-state index in [9.17, 15) is 0 Å². The predicted octanol–water partition coefficient (Wildman–Crippen LogP) is 3.75. The zero-order chi connectivity index (χ0) is 11.6.